The maximum atomic E-state index is 12.2. The van der Waals surface area contributed by atoms with E-state index in [-0.39, 0.29) is 17.5 Å². The van der Waals surface area contributed by atoms with Gasteiger partial charge in [-0.25, -0.2) is 0 Å². The van der Waals surface area contributed by atoms with Crippen LogP contribution in [0.3, 0.4) is 0 Å². The molecule has 0 saturated carbocycles. The van der Waals surface area contributed by atoms with Crippen molar-refractivity contribution in [1.29, 1.82) is 5.26 Å². The molecule has 22 heavy (non-hydrogen) atoms. The summed E-state index contributed by atoms with van der Waals surface area (Å²) in [5.41, 5.74) is 1.47. The van der Waals surface area contributed by atoms with Crippen molar-refractivity contribution in [1.82, 2.24) is 10.1 Å². The fourth-order valence-electron chi connectivity index (χ4n) is 2.62. The molecule has 0 radical (unpaired) electrons. The predicted molar refractivity (Wildman–Crippen MR) is 81.2 cm³/mol. The zero-order chi connectivity index (χ0) is 15.5. The maximum Gasteiger partial charge on any atom is 0.203 e. The van der Waals surface area contributed by atoms with Gasteiger partial charge in [0.15, 0.2) is 6.19 Å². The van der Waals surface area contributed by atoms with E-state index in [1.807, 2.05) is 12.1 Å². The van der Waals surface area contributed by atoms with Gasteiger partial charge in [0.2, 0.25) is 11.5 Å². The molecule has 1 atom stereocenters. The highest BCUT2D eigenvalue weighted by Crippen LogP contribution is 2.24. The average Bonchev–Trinajstić information content (AvgIpc) is 3.17. The van der Waals surface area contributed by atoms with Crippen molar-refractivity contribution in [2.24, 2.45) is 5.92 Å². The number of carbonyl (C=O) groups excluding carboxylic acids is 1. The molecule has 1 saturated heterocycles. The minimum absolute atomic E-state index is 0.0718. The van der Waals surface area contributed by atoms with E-state index in [0.29, 0.717) is 23.7 Å². The molecule has 2 aromatic rings. The van der Waals surface area contributed by atoms with E-state index in [4.69, 9.17) is 21.4 Å². The van der Waals surface area contributed by atoms with Gasteiger partial charge >= 0.3 is 0 Å². The molecule has 5 nitrogen and oxygen atoms in total. The molecule has 3 rings (SSSR count). The number of hydrogen-bond donors (Lipinski definition) is 0. The van der Waals surface area contributed by atoms with Gasteiger partial charge in [0.05, 0.1) is 0 Å². The first-order chi connectivity index (χ1) is 10.7. The predicted octanol–water partition coefficient (Wildman–Crippen LogP) is 3.37. The zero-order valence-electron chi connectivity index (χ0n) is 11.8. The van der Waals surface area contributed by atoms with Crippen LogP contribution in [0, 0.1) is 17.4 Å². The second kappa shape index (κ2) is 6.20. The van der Waals surface area contributed by atoms with E-state index < -0.39 is 0 Å². The molecule has 6 heteroatoms. The van der Waals surface area contributed by atoms with Crippen LogP contribution >= 0.6 is 11.6 Å². The first kappa shape index (κ1) is 14.6. The molecular formula is C16H14ClN3O2. The summed E-state index contributed by atoms with van der Waals surface area (Å²) in [7, 11) is 0. The van der Waals surface area contributed by atoms with E-state index >= 15 is 0 Å². The van der Waals surface area contributed by atoms with Crippen LogP contribution in [0.1, 0.15) is 23.4 Å². The number of benzene rings is 1. The number of Topliss-reactive ketones (excluding diaryl/α,β-unsaturated/α-hetero) is 1. The summed E-state index contributed by atoms with van der Waals surface area (Å²) in [6.45, 7) is 1.36. The molecule has 1 aliphatic heterocycles. The molecule has 0 N–H and O–H groups in total. The monoisotopic (exact) mass is 315 g/mol. The number of ketones is 1. The Morgan fingerprint density at radius 3 is 2.91 bits per heavy atom. The van der Waals surface area contributed by atoms with Gasteiger partial charge in [-0.05, 0) is 24.5 Å². The molecule has 1 aromatic heterocycles. The van der Waals surface area contributed by atoms with Crippen LogP contribution in [0.2, 0.25) is 5.02 Å². The fraction of sp³-hybridized carbons (Fsp3) is 0.312. The lowest BCUT2D eigenvalue weighted by molar-refractivity contribution is 0.0927. The van der Waals surface area contributed by atoms with E-state index in [2.05, 4.69) is 11.3 Å². The van der Waals surface area contributed by atoms with Gasteiger partial charge in [-0.2, -0.15) is 5.26 Å². The lowest BCUT2D eigenvalue weighted by Gasteiger charge is -2.06. The maximum absolute atomic E-state index is 12.2. The smallest absolute Gasteiger partial charge is 0.203 e. The highest BCUT2D eigenvalue weighted by molar-refractivity contribution is 6.30. The number of halogens is 1. The Morgan fingerprint density at radius 2 is 2.23 bits per heavy atom. The van der Waals surface area contributed by atoms with E-state index in [1.165, 1.54) is 0 Å². The van der Waals surface area contributed by atoms with Crippen LogP contribution in [0.5, 0.6) is 0 Å². The third kappa shape index (κ3) is 3.12. The van der Waals surface area contributed by atoms with Crippen molar-refractivity contribution in [3.8, 4) is 17.5 Å². The number of nitriles is 1. The fourth-order valence-corrected chi connectivity index (χ4v) is 2.74. The minimum atomic E-state index is -0.0718. The molecule has 2 heterocycles. The molecule has 0 bridgehead atoms. The summed E-state index contributed by atoms with van der Waals surface area (Å²) >= 11 is 5.85. The van der Waals surface area contributed by atoms with Gasteiger partial charge in [0.1, 0.15) is 5.69 Å². The molecule has 0 spiro atoms. The lowest BCUT2D eigenvalue weighted by Crippen LogP contribution is -2.15. The van der Waals surface area contributed by atoms with Crippen molar-refractivity contribution in [2.45, 2.75) is 12.8 Å². The van der Waals surface area contributed by atoms with Crippen LogP contribution in [0.4, 0.5) is 0 Å². The molecule has 1 fully saturated rings. The van der Waals surface area contributed by atoms with Gasteiger partial charge in [0.25, 0.3) is 0 Å². The highest BCUT2D eigenvalue weighted by Gasteiger charge is 2.26. The summed E-state index contributed by atoms with van der Waals surface area (Å²) in [6.07, 6.45) is 3.35. The molecule has 1 aromatic carbocycles. The van der Waals surface area contributed by atoms with Crippen molar-refractivity contribution >= 4 is 17.4 Å². The molecule has 0 aliphatic carbocycles. The zero-order valence-corrected chi connectivity index (χ0v) is 12.6. The first-order valence-electron chi connectivity index (χ1n) is 7.06. The minimum Gasteiger partial charge on any atom is -0.352 e. The van der Waals surface area contributed by atoms with Crippen LogP contribution < -0.4 is 0 Å². The van der Waals surface area contributed by atoms with Gasteiger partial charge < -0.3 is 9.42 Å². The Kier molecular flexibility index (Phi) is 4.12. The average molecular weight is 316 g/mol. The number of hydrogen-bond acceptors (Lipinski definition) is 5. The van der Waals surface area contributed by atoms with Crippen LogP contribution in [-0.2, 0) is 0 Å². The Bertz CT molecular complexity index is 718. The molecule has 1 aliphatic rings. The molecule has 0 amide bonds. The summed E-state index contributed by atoms with van der Waals surface area (Å²) in [6, 6.07) is 8.85. The Balaban J connectivity index is 1.67. The van der Waals surface area contributed by atoms with Crippen LogP contribution in [-0.4, -0.2) is 28.9 Å². The topological polar surface area (TPSA) is 70.1 Å². The Hall–Kier alpha value is -2.32. The van der Waals surface area contributed by atoms with Crippen molar-refractivity contribution < 1.29 is 9.32 Å². The van der Waals surface area contributed by atoms with Crippen molar-refractivity contribution in [3.05, 3.63) is 41.1 Å². The second-order valence-corrected chi connectivity index (χ2v) is 5.85. The SMILES string of the molecule is N#CN1CC[C@@H](CC(=O)c2cc(-c3ccc(Cl)cc3)no2)C1. The second-order valence-electron chi connectivity index (χ2n) is 5.41. The first-order valence-corrected chi connectivity index (χ1v) is 7.44. The standard InChI is InChI=1S/C16H14ClN3O2/c17-13-3-1-12(2-4-13)14-8-16(22-19-14)15(21)7-11-5-6-20(9-11)10-18/h1-4,8,11H,5-7,9H2/t11-/m0/s1. The normalized spacial score (nSPS) is 17.5. The van der Waals surface area contributed by atoms with Crippen molar-refractivity contribution in [3.63, 3.8) is 0 Å². The third-order valence-electron chi connectivity index (χ3n) is 3.83. The quantitative estimate of drug-likeness (QED) is 0.639. The van der Waals surface area contributed by atoms with Crippen LogP contribution in [0.25, 0.3) is 11.3 Å². The third-order valence-corrected chi connectivity index (χ3v) is 4.08. The summed E-state index contributed by atoms with van der Waals surface area (Å²) in [5.74, 6) is 0.397. The number of rotatable bonds is 4. The van der Waals surface area contributed by atoms with Gasteiger partial charge in [0, 0.05) is 36.2 Å². The number of nitrogens with zero attached hydrogens (tertiary/aromatic N) is 3. The molecule has 112 valence electrons. The summed E-state index contributed by atoms with van der Waals surface area (Å²) < 4.78 is 5.16. The summed E-state index contributed by atoms with van der Waals surface area (Å²) in [4.78, 5) is 13.9. The Morgan fingerprint density at radius 1 is 1.45 bits per heavy atom. The lowest BCUT2D eigenvalue weighted by atomic mass is 10.0. The molecule has 0 unspecified atom stereocenters. The van der Waals surface area contributed by atoms with E-state index in [1.54, 1.807) is 23.1 Å². The number of aromatic nitrogens is 1. The van der Waals surface area contributed by atoms with E-state index in [9.17, 15) is 4.79 Å². The van der Waals surface area contributed by atoms with Gasteiger partial charge in [-0.15, -0.1) is 0 Å². The van der Waals surface area contributed by atoms with E-state index in [0.717, 1.165) is 18.5 Å². The van der Waals surface area contributed by atoms with Gasteiger partial charge in [-0.3, -0.25) is 4.79 Å². The molecular weight excluding hydrogens is 302 g/mol. The largest absolute Gasteiger partial charge is 0.352 e. The number of carbonyl (C=O) groups is 1. The highest BCUT2D eigenvalue weighted by atomic mass is 35.5. The van der Waals surface area contributed by atoms with Crippen molar-refractivity contribution in [2.75, 3.05) is 13.1 Å². The number of likely N-dealkylation sites (tertiary alicyclic amines) is 1. The summed E-state index contributed by atoms with van der Waals surface area (Å²) in [5, 5.41) is 13.4. The van der Waals surface area contributed by atoms with Crippen LogP contribution in [0.15, 0.2) is 34.9 Å². The van der Waals surface area contributed by atoms with Gasteiger partial charge in [-0.1, -0.05) is 28.9 Å². The Labute approximate surface area is 133 Å².